The van der Waals surface area contributed by atoms with Crippen LogP contribution in [0, 0.1) is 0 Å². The fraction of sp³-hybridized carbons (Fsp3) is 0.451. The van der Waals surface area contributed by atoms with E-state index in [1.54, 1.807) is 62.1 Å². The maximum absolute atomic E-state index is 13.3. The van der Waals surface area contributed by atoms with E-state index in [4.69, 9.17) is 23.1 Å². The summed E-state index contributed by atoms with van der Waals surface area (Å²) in [5.41, 5.74) is 2.26. The third-order valence-corrected chi connectivity index (χ3v) is 11.8. The number of methoxy groups -OCH3 is 2. The lowest BCUT2D eigenvalue weighted by Gasteiger charge is -2.32. The van der Waals surface area contributed by atoms with Crippen molar-refractivity contribution < 1.29 is 55.8 Å². The summed E-state index contributed by atoms with van der Waals surface area (Å²) in [6.45, 7) is 12.2. The molecular weight excluding hydrogens is 865 g/mol. The predicted molar refractivity (Wildman–Crippen MR) is 256 cm³/mol. The summed E-state index contributed by atoms with van der Waals surface area (Å²) in [5.74, 6) is 0.397. The van der Waals surface area contributed by atoms with Crippen molar-refractivity contribution >= 4 is 45.2 Å². The molecule has 4 aromatic carbocycles. The van der Waals surface area contributed by atoms with Crippen LogP contribution in [0.2, 0.25) is 0 Å². The molecule has 14 nitrogen and oxygen atoms in total. The largest absolute Gasteiger partial charge is 0.497 e. The van der Waals surface area contributed by atoms with Crippen LogP contribution in [0.4, 0.5) is 11.4 Å². The van der Waals surface area contributed by atoms with Crippen LogP contribution in [0.15, 0.2) is 97.1 Å². The van der Waals surface area contributed by atoms with Gasteiger partial charge in [-0.3, -0.25) is 23.4 Å². The van der Waals surface area contributed by atoms with Crippen LogP contribution >= 0.6 is 0 Å². The van der Waals surface area contributed by atoms with Gasteiger partial charge in [-0.05, 0) is 98.2 Å². The second-order valence-electron chi connectivity index (χ2n) is 15.0. The Morgan fingerprint density at radius 3 is 1.35 bits per heavy atom. The molecule has 360 valence electrons. The fourth-order valence-corrected chi connectivity index (χ4v) is 8.48. The first-order valence-corrected chi connectivity index (χ1v) is 24.4. The molecule has 0 aliphatic carbocycles. The van der Waals surface area contributed by atoms with E-state index in [0.717, 1.165) is 28.7 Å². The zero-order valence-electron chi connectivity index (χ0n) is 40.0. The smallest absolute Gasteiger partial charge is 0.316 e. The van der Waals surface area contributed by atoms with E-state index in [2.05, 4.69) is 0 Å². The standard InChI is InChI=1S/C24H29NO7S.C23H27NO5.2C2H6/c1-4-31-23(27)24(15-16-32-33(3,28)29)14-13-22(26)25(21-8-6-5-7-20(21)24)17-18-9-11-19(30-2)12-10-18;1-3-29-22(27)23(14-15-25)13-12-21(26)24(20-7-5-4-6-19(20)23)16-17-8-10-18(28-2)11-9-17;2*1-2/h5-12H,4,13-17H2,1-3H3;4-11,25H,3,12-16H2,1-2H3;2*1-2H3. The summed E-state index contributed by atoms with van der Waals surface area (Å²) in [4.78, 5) is 55.9. The highest BCUT2D eigenvalue weighted by molar-refractivity contribution is 7.85. The van der Waals surface area contributed by atoms with Gasteiger partial charge in [0.25, 0.3) is 10.1 Å². The molecule has 0 saturated heterocycles. The van der Waals surface area contributed by atoms with E-state index >= 15 is 0 Å². The molecule has 6 rings (SSSR count). The number of esters is 2. The SMILES string of the molecule is CC.CC.CCOC(=O)C1(CCO)CCC(=O)N(Cc2ccc(OC)cc2)c2ccccc21.CCOC(=O)C1(CCOS(C)(=O)=O)CCC(=O)N(Cc2ccc(OC)cc2)c2ccccc21. The molecule has 2 aliphatic rings. The molecule has 0 radical (unpaired) electrons. The number of amides is 2. The van der Waals surface area contributed by atoms with Crippen LogP contribution in [0.5, 0.6) is 11.5 Å². The Morgan fingerprint density at radius 1 is 0.621 bits per heavy atom. The summed E-state index contributed by atoms with van der Waals surface area (Å²) < 4.78 is 49.2. The van der Waals surface area contributed by atoms with Gasteiger partial charge in [0.2, 0.25) is 11.8 Å². The van der Waals surface area contributed by atoms with E-state index in [1.165, 1.54) is 0 Å². The molecule has 0 spiro atoms. The van der Waals surface area contributed by atoms with Gasteiger partial charge in [0, 0.05) is 30.8 Å². The monoisotopic (exact) mass is 932 g/mol. The lowest BCUT2D eigenvalue weighted by atomic mass is 9.74. The van der Waals surface area contributed by atoms with Crippen molar-refractivity contribution in [3.63, 3.8) is 0 Å². The zero-order chi connectivity index (χ0) is 48.9. The van der Waals surface area contributed by atoms with Gasteiger partial charge in [-0.15, -0.1) is 0 Å². The Morgan fingerprint density at radius 2 is 1.00 bits per heavy atom. The average molecular weight is 933 g/mol. The summed E-state index contributed by atoms with van der Waals surface area (Å²) in [7, 11) is -0.484. The second kappa shape index (κ2) is 26.4. The summed E-state index contributed by atoms with van der Waals surface area (Å²) in [5, 5.41) is 9.72. The number of nitrogens with zero attached hydrogens (tertiary/aromatic N) is 2. The van der Waals surface area contributed by atoms with Crippen molar-refractivity contribution in [1.82, 2.24) is 0 Å². The first kappa shape index (κ1) is 54.6. The number of benzene rings is 4. The van der Waals surface area contributed by atoms with Crippen LogP contribution in [0.3, 0.4) is 0 Å². The molecule has 2 amide bonds. The molecular formula is C51H68N2O12S. The lowest BCUT2D eigenvalue weighted by Crippen LogP contribution is -2.39. The molecule has 0 aromatic heterocycles. The van der Waals surface area contributed by atoms with Crippen LogP contribution in [-0.4, -0.2) is 84.2 Å². The Balaban J connectivity index is 0.000000328. The molecule has 0 fully saturated rings. The quantitative estimate of drug-likeness (QED) is 0.0840. The second-order valence-corrected chi connectivity index (χ2v) is 16.7. The number of fused-ring (bicyclic) bond motifs is 2. The van der Waals surface area contributed by atoms with E-state index in [0.29, 0.717) is 42.2 Å². The van der Waals surface area contributed by atoms with Gasteiger partial charge in [-0.2, -0.15) is 8.42 Å². The van der Waals surface area contributed by atoms with Crippen LogP contribution in [0.25, 0.3) is 0 Å². The molecule has 0 bridgehead atoms. The van der Waals surface area contributed by atoms with Gasteiger partial charge >= 0.3 is 11.9 Å². The van der Waals surface area contributed by atoms with E-state index in [1.807, 2.05) is 100 Å². The topological polar surface area (TPSA) is 175 Å². The molecule has 2 aliphatic heterocycles. The van der Waals surface area contributed by atoms with Gasteiger partial charge < -0.3 is 33.9 Å². The molecule has 15 heteroatoms. The van der Waals surface area contributed by atoms with Crippen molar-refractivity contribution in [3.8, 4) is 11.5 Å². The number of hydrogen-bond donors (Lipinski definition) is 1. The van der Waals surface area contributed by atoms with Gasteiger partial charge in [0.15, 0.2) is 0 Å². The maximum Gasteiger partial charge on any atom is 0.316 e. The first-order chi connectivity index (χ1) is 31.7. The number of aliphatic hydroxyl groups is 1. The number of carbonyl (C=O) groups excluding carboxylic acids is 4. The minimum Gasteiger partial charge on any atom is -0.497 e. The Bertz CT molecular complexity index is 2280. The van der Waals surface area contributed by atoms with Crippen molar-refractivity contribution in [2.24, 2.45) is 0 Å². The third-order valence-electron chi connectivity index (χ3n) is 11.3. The fourth-order valence-electron chi connectivity index (χ4n) is 8.09. The molecule has 4 aromatic rings. The molecule has 2 unspecified atom stereocenters. The van der Waals surface area contributed by atoms with E-state index in [-0.39, 0.29) is 76.3 Å². The molecule has 2 atom stereocenters. The highest BCUT2D eigenvalue weighted by Gasteiger charge is 2.48. The molecule has 1 N–H and O–H groups in total. The molecule has 66 heavy (non-hydrogen) atoms. The van der Waals surface area contributed by atoms with Gasteiger partial charge in [0.1, 0.15) is 11.5 Å². The summed E-state index contributed by atoms with van der Waals surface area (Å²) in [6.07, 6.45) is 2.04. The normalized spacial score (nSPS) is 17.6. The van der Waals surface area contributed by atoms with E-state index < -0.39 is 26.9 Å². The highest BCUT2D eigenvalue weighted by Crippen LogP contribution is 2.45. The minimum absolute atomic E-state index is 0.0580. The summed E-state index contributed by atoms with van der Waals surface area (Å²) in [6, 6.07) is 29.6. The van der Waals surface area contributed by atoms with Crippen LogP contribution < -0.4 is 19.3 Å². The molecule has 2 heterocycles. The van der Waals surface area contributed by atoms with Crippen LogP contribution in [0.1, 0.15) is 102 Å². The minimum atomic E-state index is -3.68. The number of anilines is 2. The summed E-state index contributed by atoms with van der Waals surface area (Å²) >= 11 is 0. The maximum atomic E-state index is 13.3. The van der Waals surface area contributed by atoms with Crippen molar-refractivity contribution in [1.29, 1.82) is 0 Å². The number of hydrogen-bond acceptors (Lipinski definition) is 12. The highest BCUT2D eigenvalue weighted by atomic mass is 32.2. The van der Waals surface area contributed by atoms with Crippen LogP contribution in [-0.2, 0) is 66.9 Å². The number of carbonyl (C=O) groups is 4. The number of para-hydroxylation sites is 2. The van der Waals surface area contributed by atoms with Crippen molar-refractivity contribution in [2.45, 2.75) is 104 Å². The Labute approximate surface area is 391 Å². The van der Waals surface area contributed by atoms with Gasteiger partial charge in [-0.1, -0.05) is 88.4 Å². The predicted octanol–water partition coefficient (Wildman–Crippen LogP) is 8.45. The van der Waals surface area contributed by atoms with Gasteiger partial charge in [0.05, 0.1) is 64.2 Å². The van der Waals surface area contributed by atoms with Crippen molar-refractivity contribution in [2.75, 3.05) is 56.7 Å². The average Bonchev–Trinajstić information content (AvgIpc) is 3.53. The van der Waals surface area contributed by atoms with Gasteiger partial charge in [-0.25, -0.2) is 0 Å². The Hall–Kier alpha value is -5.77. The van der Waals surface area contributed by atoms with Crippen molar-refractivity contribution in [3.05, 3.63) is 119 Å². The Kier molecular flexibility index (Phi) is 21.8. The third kappa shape index (κ3) is 13.6. The number of rotatable bonds is 16. The first-order valence-electron chi connectivity index (χ1n) is 22.6. The molecule has 0 saturated carbocycles. The zero-order valence-corrected chi connectivity index (χ0v) is 40.8. The number of aliphatic hydroxyl groups excluding tert-OH is 1. The lowest BCUT2D eigenvalue weighted by molar-refractivity contribution is -0.152. The number of ether oxygens (including phenoxy) is 4. The van der Waals surface area contributed by atoms with E-state index in [9.17, 15) is 32.7 Å².